The number of ether oxygens (including phenoxy) is 1. The molecule has 0 spiro atoms. The van der Waals surface area contributed by atoms with Crippen molar-refractivity contribution in [2.24, 2.45) is 0 Å². The first-order valence-electron chi connectivity index (χ1n) is 14.6. The number of halogens is 1. The molecule has 0 aliphatic carbocycles. The number of hydrogen-bond donors (Lipinski definition) is 6. The Balaban J connectivity index is 1.58. The van der Waals surface area contributed by atoms with Crippen molar-refractivity contribution in [3.63, 3.8) is 0 Å². The lowest BCUT2D eigenvalue weighted by atomic mass is 10.00. The summed E-state index contributed by atoms with van der Waals surface area (Å²) in [4.78, 5) is 13.7. The monoisotopic (exact) mass is 614 g/mol. The molecule has 0 saturated carbocycles. The Morgan fingerprint density at radius 1 is 1.05 bits per heavy atom. The molecule has 1 aliphatic rings. The van der Waals surface area contributed by atoms with Crippen LogP contribution in [-0.2, 0) is 13.0 Å². The van der Waals surface area contributed by atoms with Crippen LogP contribution in [0.15, 0.2) is 66.7 Å². The lowest BCUT2D eigenvalue weighted by molar-refractivity contribution is 0.0826. The van der Waals surface area contributed by atoms with Gasteiger partial charge in [0, 0.05) is 31.4 Å². The number of carbonyl (C=O) groups excluding carboxylic acids is 1. The van der Waals surface area contributed by atoms with Gasteiger partial charge in [-0.3, -0.25) is 18.2 Å². The minimum absolute atomic E-state index is 0.0146. The summed E-state index contributed by atoms with van der Waals surface area (Å²) in [5.41, 5.74) is 2.09. The summed E-state index contributed by atoms with van der Waals surface area (Å²) in [6.45, 7) is 4.75. The number of methoxy groups -OCH3 is 1. The second kappa shape index (κ2) is 14.9. The summed E-state index contributed by atoms with van der Waals surface area (Å²) in [7, 11) is -1.62. The van der Waals surface area contributed by atoms with Gasteiger partial charge in [-0.2, -0.15) is 0 Å². The average Bonchev–Trinajstić information content (AvgIpc) is 2.98. The summed E-state index contributed by atoms with van der Waals surface area (Å²) in [5, 5.41) is 20.5. The first kappa shape index (κ1) is 32.6. The van der Waals surface area contributed by atoms with E-state index in [-0.39, 0.29) is 36.1 Å². The number of aliphatic hydroxyl groups excluding tert-OH is 1. The zero-order valence-electron chi connectivity index (χ0n) is 24.9. The van der Waals surface area contributed by atoms with Gasteiger partial charge < -0.3 is 25.8 Å². The molecule has 1 saturated heterocycles. The quantitative estimate of drug-likeness (QED) is 0.151. The maximum atomic E-state index is 16.1. The molecule has 11 heteroatoms. The standard InChI is InChI=1S/C32H43FN4O5S/c1-22(2)35-25-18-27(31(33)29(19-25)37-14-7-8-15-43(37,40)41)32(39)36-28(17-23-10-5-4-6-11-23)30(38)21-34-20-24-12-9-13-26(16-24)42-3/h4-6,9-13,16,18-19,22,28,30,34-35,38,40-41H,7-8,14-15,17,20-21H2,1-3H3,(H,36,39). The number of nitrogens with one attached hydrogen (secondary N) is 3. The summed E-state index contributed by atoms with van der Waals surface area (Å²) in [6.07, 6.45) is 0.623. The predicted octanol–water partition coefficient (Wildman–Crippen LogP) is 5.41. The smallest absolute Gasteiger partial charge is 0.254 e. The Bertz CT molecular complexity index is 1360. The number of carbonyl (C=O) groups is 1. The number of amides is 1. The number of aliphatic hydroxyl groups is 1. The van der Waals surface area contributed by atoms with Crippen LogP contribution < -0.4 is 25.0 Å². The largest absolute Gasteiger partial charge is 0.497 e. The van der Waals surface area contributed by atoms with Gasteiger partial charge in [0.1, 0.15) is 5.75 Å². The molecule has 0 aromatic heterocycles. The molecule has 3 aromatic carbocycles. The van der Waals surface area contributed by atoms with Crippen LogP contribution in [0.2, 0.25) is 0 Å². The fraction of sp³-hybridized carbons (Fsp3) is 0.406. The molecular formula is C32H43FN4O5S. The minimum atomic E-state index is -3.22. The zero-order chi connectivity index (χ0) is 31.0. The lowest BCUT2D eigenvalue weighted by Crippen LogP contribution is -2.49. The zero-order valence-corrected chi connectivity index (χ0v) is 25.7. The van der Waals surface area contributed by atoms with Gasteiger partial charge in [0.05, 0.1) is 36.3 Å². The number of benzene rings is 3. The predicted molar refractivity (Wildman–Crippen MR) is 172 cm³/mol. The number of nitrogens with zero attached hydrogens (tertiary/aromatic N) is 1. The van der Waals surface area contributed by atoms with E-state index in [1.54, 1.807) is 7.11 Å². The molecule has 6 N–H and O–H groups in total. The first-order chi connectivity index (χ1) is 20.6. The van der Waals surface area contributed by atoms with Crippen molar-refractivity contribution < 1.29 is 28.1 Å². The minimum Gasteiger partial charge on any atom is -0.497 e. The molecule has 1 amide bonds. The van der Waals surface area contributed by atoms with E-state index in [1.807, 2.05) is 68.4 Å². The molecular weight excluding hydrogens is 571 g/mol. The van der Waals surface area contributed by atoms with Crippen LogP contribution in [0.5, 0.6) is 5.75 Å². The summed E-state index contributed by atoms with van der Waals surface area (Å²) in [6, 6.07) is 19.2. The van der Waals surface area contributed by atoms with E-state index >= 15 is 4.39 Å². The Morgan fingerprint density at radius 3 is 2.49 bits per heavy atom. The third-order valence-corrected chi connectivity index (χ3v) is 9.22. The van der Waals surface area contributed by atoms with Gasteiger partial charge in [-0.05, 0) is 68.5 Å². The number of rotatable bonds is 13. The third-order valence-electron chi connectivity index (χ3n) is 7.30. The van der Waals surface area contributed by atoms with E-state index in [0.717, 1.165) is 16.9 Å². The van der Waals surface area contributed by atoms with Crippen molar-refractivity contribution in [1.82, 2.24) is 10.6 Å². The van der Waals surface area contributed by atoms with Gasteiger partial charge in [-0.15, -0.1) is 10.8 Å². The van der Waals surface area contributed by atoms with Gasteiger partial charge in [0.25, 0.3) is 5.91 Å². The molecule has 0 bridgehead atoms. The molecule has 0 radical (unpaired) electrons. The van der Waals surface area contributed by atoms with E-state index < -0.39 is 34.6 Å². The molecule has 3 aromatic rings. The Morgan fingerprint density at radius 2 is 1.79 bits per heavy atom. The van der Waals surface area contributed by atoms with Crippen molar-refractivity contribution >= 4 is 28.1 Å². The normalized spacial score (nSPS) is 16.8. The molecule has 1 fully saturated rings. The average molecular weight is 615 g/mol. The second-order valence-electron chi connectivity index (χ2n) is 11.1. The van der Waals surface area contributed by atoms with Crippen LogP contribution >= 0.6 is 10.8 Å². The van der Waals surface area contributed by atoms with Crippen LogP contribution in [0.25, 0.3) is 0 Å². The summed E-state index contributed by atoms with van der Waals surface area (Å²) < 4.78 is 44.1. The first-order valence-corrected chi connectivity index (χ1v) is 16.2. The Hall–Kier alpha value is -3.35. The SMILES string of the molecule is COc1cccc(CNCC(O)C(Cc2ccccc2)NC(=O)c2cc(NC(C)C)cc(N3CCCCS3(O)O)c2F)c1. The second-order valence-corrected chi connectivity index (χ2v) is 13.2. The molecule has 1 heterocycles. The molecule has 1 aliphatic heterocycles. The van der Waals surface area contributed by atoms with Gasteiger partial charge in [-0.25, -0.2) is 4.39 Å². The van der Waals surface area contributed by atoms with Crippen molar-refractivity contribution in [2.45, 2.75) is 57.8 Å². The van der Waals surface area contributed by atoms with E-state index in [1.165, 1.54) is 16.4 Å². The Kier molecular flexibility index (Phi) is 11.3. The van der Waals surface area contributed by atoms with Crippen LogP contribution in [0, 0.1) is 5.82 Å². The number of hydrogen-bond acceptors (Lipinski definition) is 8. The highest BCUT2D eigenvalue weighted by Crippen LogP contribution is 2.51. The van der Waals surface area contributed by atoms with Crippen molar-refractivity contribution in [3.05, 3.63) is 89.2 Å². The van der Waals surface area contributed by atoms with Crippen molar-refractivity contribution in [3.8, 4) is 5.75 Å². The van der Waals surface area contributed by atoms with E-state index in [4.69, 9.17) is 4.74 Å². The lowest BCUT2D eigenvalue weighted by Gasteiger charge is -2.47. The molecule has 4 rings (SSSR count). The van der Waals surface area contributed by atoms with Crippen LogP contribution in [-0.4, -0.2) is 64.3 Å². The molecule has 2 atom stereocenters. The third kappa shape index (κ3) is 8.84. The fourth-order valence-corrected chi connectivity index (χ4v) is 6.83. The van der Waals surface area contributed by atoms with Gasteiger partial charge in [0.15, 0.2) is 5.82 Å². The fourth-order valence-electron chi connectivity index (χ4n) is 5.14. The maximum Gasteiger partial charge on any atom is 0.254 e. The highest BCUT2D eigenvalue weighted by atomic mass is 32.3. The van der Waals surface area contributed by atoms with E-state index in [2.05, 4.69) is 16.0 Å². The summed E-state index contributed by atoms with van der Waals surface area (Å²) >= 11 is 0. The van der Waals surface area contributed by atoms with Gasteiger partial charge >= 0.3 is 0 Å². The topological polar surface area (TPSA) is 126 Å². The molecule has 234 valence electrons. The van der Waals surface area contributed by atoms with Gasteiger partial charge in [-0.1, -0.05) is 42.5 Å². The van der Waals surface area contributed by atoms with Gasteiger partial charge in [0.2, 0.25) is 0 Å². The van der Waals surface area contributed by atoms with Crippen LogP contribution in [0.4, 0.5) is 15.8 Å². The highest BCUT2D eigenvalue weighted by Gasteiger charge is 2.32. The van der Waals surface area contributed by atoms with Crippen molar-refractivity contribution in [2.75, 3.05) is 35.6 Å². The van der Waals surface area contributed by atoms with E-state index in [0.29, 0.717) is 31.5 Å². The summed E-state index contributed by atoms with van der Waals surface area (Å²) in [5.74, 6) is -0.662. The molecule has 2 unspecified atom stereocenters. The Labute approximate surface area is 254 Å². The molecule has 43 heavy (non-hydrogen) atoms. The van der Waals surface area contributed by atoms with Crippen molar-refractivity contribution in [1.29, 1.82) is 0 Å². The molecule has 9 nitrogen and oxygen atoms in total. The van der Waals surface area contributed by atoms with Crippen LogP contribution in [0.1, 0.15) is 48.2 Å². The van der Waals surface area contributed by atoms with Crippen LogP contribution in [0.3, 0.4) is 0 Å². The number of anilines is 2. The highest BCUT2D eigenvalue weighted by molar-refractivity contribution is 8.25. The van der Waals surface area contributed by atoms with E-state index in [9.17, 15) is 19.0 Å². The maximum absolute atomic E-state index is 16.1.